The molecule has 0 aliphatic carbocycles. The van der Waals surface area contributed by atoms with Gasteiger partial charge in [-0.15, -0.1) is 0 Å². The number of esters is 1. The molecule has 6 nitrogen and oxygen atoms in total. The van der Waals surface area contributed by atoms with E-state index in [1.165, 1.54) is 0 Å². The summed E-state index contributed by atoms with van der Waals surface area (Å²) in [5, 5.41) is 0. The third kappa shape index (κ3) is 5.46. The van der Waals surface area contributed by atoms with E-state index in [1.807, 2.05) is 7.05 Å². The fraction of sp³-hybridized carbons (Fsp3) is 0.833. The Hall–Kier alpha value is -1.14. The first-order valence-corrected chi connectivity index (χ1v) is 6.08. The number of carbonyl (C=O) groups excluding carboxylic acids is 2. The van der Waals surface area contributed by atoms with E-state index >= 15 is 0 Å². The van der Waals surface area contributed by atoms with E-state index in [0.29, 0.717) is 13.1 Å². The van der Waals surface area contributed by atoms with Gasteiger partial charge in [-0.05, 0) is 13.5 Å². The van der Waals surface area contributed by atoms with Crippen molar-refractivity contribution >= 4 is 12.4 Å². The molecule has 1 aliphatic heterocycles. The zero-order chi connectivity index (χ0) is 13.4. The van der Waals surface area contributed by atoms with Crippen LogP contribution in [0.1, 0.15) is 12.8 Å². The highest BCUT2D eigenvalue weighted by molar-refractivity contribution is 5.70. The van der Waals surface area contributed by atoms with E-state index in [9.17, 15) is 9.59 Å². The number of carbonyl (C=O) groups is 2. The smallest absolute Gasteiger partial charge is 0.306 e. The maximum atomic E-state index is 11.7. The van der Waals surface area contributed by atoms with Gasteiger partial charge in [-0.3, -0.25) is 9.59 Å². The predicted octanol–water partition coefficient (Wildman–Crippen LogP) is 0.0594. The summed E-state index contributed by atoms with van der Waals surface area (Å²) in [4.78, 5) is 24.0. The monoisotopic (exact) mass is 259 g/mol. The van der Waals surface area contributed by atoms with Gasteiger partial charge >= 0.3 is 5.97 Å². The molecule has 0 N–H and O–H groups in total. The first-order valence-electron chi connectivity index (χ1n) is 6.08. The van der Waals surface area contributed by atoms with Crippen LogP contribution in [0.4, 0.5) is 0 Å². The molecule has 1 fully saturated rings. The molecule has 0 spiro atoms. The topological polar surface area (TPSA) is 65.1 Å². The van der Waals surface area contributed by atoms with Gasteiger partial charge in [0.1, 0.15) is 6.10 Å². The van der Waals surface area contributed by atoms with E-state index in [1.54, 1.807) is 7.11 Å². The normalized spacial score (nSPS) is 21.6. The maximum absolute atomic E-state index is 11.7. The molecule has 1 aliphatic rings. The molecule has 1 rings (SSSR count). The van der Waals surface area contributed by atoms with E-state index < -0.39 is 0 Å². The zero-order valence-corrected chi connectivity index (χ0v) is 11.0. The Kier molecular flexibility index (Phi) is 6.67. The van der Waals surface area contributed by atoms with Crippen LogP contribution >= 0.6 is 0 Å². The Labute approximate surface area is 107 Å². The Morgan fingerprint density at radius 1 is 1.50 bits per heavy atom. The number of ether oxygens (including phenoxy) is 3. The van der Waals surface area contributed by atoms with Crippen molar-refractivity contribution in [3.8, 4) is 0 Å². The van der Waals surface area contributed by atoms with Gasteiger partial charge in [-0.2, -0.15) is 0 Å². The van der Waals surface area contributed by atoms with Crippen molar-refractivity contribution in [1.82, 2.24) is 4.90 Å². The summed E-state index contributed by atoms with van der Waals surface area (Å²) in [5.74, 6) is -0.404. The minimum Gasteiger partial charge on any atom is -0.467 e. The van der Waals surface area contributed by atoms with Gasteiger partial charge in [-0.25, -0.2) is 0 Å². The highest BCUT2D eigenvalue weighted by atomic mass is 16.5. The second kappa shape index (κ2) is 8.05. The number of likely N-dealkylation sites (tertiary alicyclic amines) is 1. The quantitative estimate of drug-likeness (QED) is 0.453. The molecule has 0 bridgehead atoms. The van der Waals surface area contributed by atoms with Crippen LogP contribution in [0.2, 0.25) is 0 Å². The summed E-state index contributed by atoms with van der Waals surface area (Å²) < 4.78 is 15.0. The van der Waals surface area contributed by atoms with Gasteiger partial charge < -0.3 is 19.1 Å². The summed E-state index contributed by atoms with van der Waals surface area (Å²) in [7, 11) is 3.55. The molecule has 2 atom stereocenters. The van der Waals surface area contributed by atoms with Crippen molar-refractivity contribution in [3.63, 3.8) is 0 Å². The summed E-state index contributed by atoms with van der Waals surface area (Å²) >= 11 is 0. The lowest BCUT2D eigenvalue weighted by Gasteiger charge is -2.16. The molecule has 1 saturated heterocycles. The summed E-state index contributed by atoms with van der Waals surface area (Å²) in [6, 6.07) is 0. The van der Waals surface area contributed by atoms with Gasteiger partial charge in [-0.1, -0.05) is 0 Å². The van der Waals surface area contributed by atoms with Crippen LogP contribution in [0.15, 0.2) is 0 Å². The molecule has 0 aromatic carbocycles. The number of rotatable bonds is 8. The third-order valence-electron chi connectivity index (χ3n) is 2.90. The number of hydrogen-bond donors (Lipinski definition) is 0. The molecule has 0 aromatic rings. The minimum absolute atomic E-state index is 0.0160. The van der Waals surface area contributed by atoms with E-state index in [4.69, 9.17) is 9.47 Å². The Bertz CT molecular complexity index is 271. The zero-order valence-electron chi connectivity index (χ0n) is 11.0. The Balaban J connectivity index is 2.28. The van der Waals surface area contributed by atoms with E-state index in [2.05, 4.69) is 9.64 Å². The van der Waals surface area contributed by atoms with Gasteiger partial charge in [0.15, 0.2) is 0 Å². The SMILES string of the molecule is COCC(COC=O)CC(=O)OC1CCN(C)C1. The molecule has 0 aromatic heterocycles. The molecule has 0 radical (unpaired) electrons. The second-order valence-corrected chi connectivity index (χ2v) is 4.62. The minimum atomic E-state index is -0.258. The molecule has 6 heteroatoms. The maximum Gasteiger partial charge on any atom is 0.306 e. The fourth-order valence-corrected chi connectivity index (χ4v) is 2.04. The van der Waals surface area contributed by atoms with Gasteiger partial charge in [0.05, 0.1) is 19.6 Å². The lowest BCUT2D eigenvalue weighted by atomic mass is 10.1. The lowest BCUT2D eigenvalue weighted by molar-refractivity contribution is -0.151. The molecular weight excluding hydrogens is 238 g/mol. The van der Waals surface area contributed by atoms with Crippen molar-refractivity contribution in [2.45, 2.75) is 18.9 Å². The number of likely N-dealkylation sites (N-methyl/N-ethyl adjacent to an activating group) is 1. The number of methoxy groups -OCH3 is 1. The summed E-state index contributed by atoms with van der Waals surface area (Å²) in [6.45, 7) is 2.66. The van der Waals surface area contributed by atoms with Crippen LogP contribution in [-0.2, 0) is 23.8 Å². The average molecular weight is 259 g/mol. The van der Waals surface area contributed by atoms with Crippen LogP contribution in [0.25, 0.3) is 0 Å². The van der Waals surface area contributed by atoms with Crippen molar-refractivity contribution in [2.75, 3.05) is 40.5 Å². The van der Waals surface area contributed by atoms with Gasteiger partial charge in [0.25, 0.3) is 6.47 Å². The first-order chi connectivity index (χ1) is 8.65. The Morgan fingerprint density at radius 2 is 2.28 bits per heavy atom. The van der Waals surface area contributed by atoms with Crippen LogP contribution in [0.5, 0.6) is 0 Å². The second-order valence-electron chi connectivity index (χ2n) is 4.62. The van der Waals surface area contributed by atoms with E-state index in [0.717, 1.165) is 19.5 Å². The predicted molar refractivity (Wildman–Crippen MR) is 64.0 cm³/mol. The molecule has 0 saturated carbocycles. The molecule has 0 amide bonds. The molecule has 2 unspecified atom stereocenters. The van der Waals surface area contributed by atoms with Gasteiger partial charge in [0, 0.05) is 26.1 Å². The summed E-state index contributed by atoms with van der Waals surface area (Å²) in [5.41, 5.74) is 0. The van der Waals surface area contributed by atoms with Crippen molar-refractivity contribution < 1.29 is 23.8 Å². The van der Waals surface area contributed by atoms with Gasteiger partial charge in [0.2, 0.25) is 0 Å². The summed E-state index contributed by atoms with van der Waals surface area (Å²) in [6.07, 6.45) is 1.07. The van der Waals surface area contributed by atoms with E-state index in [-0.39, 0.29) is 31.0 Å². The first kappa shape index (κ1) is 14.9. The molecule has 104 valence electrons. The average Bonchev–Trinajstić information content (AvgIpc) is 2.71. The van der Waals surface area contributed by atoms with Crippen LogP contribution in [0.3, 0.4) is 0 Å². The molecule has 18 heavy (non-hydrogen) atoms. The third-order valence-corrected chi connectivity index (χ3v) is 2.90. The van der Waals surface area contributed by atoms with Crippen molar-refractivity contribution in [3.05, 3.63) is 0 Å². The standard InChI is InChI=1S/C12H21NO5/c1-13-4-3-11(6-13)18-12(15)5-10(7-16-2)8-17-9-14/h9-11H,3-8H2,1-2H3. The van der Waals surface area contributed by atoms with Crippen LogP contribution < -0.4 is 0 Å². The molecular formula is C12H21NO5. The lowest BCUT2D eigenvalue weighted by Crippen LogP contribution is -2.25. The molecule has 1 heterocycles. The largest absolute Gasteiger partial charge is 0.467 e. The van der Waals surface area contributed by atoms with Crippen molar-refractivity contribution in [2.24, 2.45) is 5.92 Å². The highest BCUT2D eigenvalue weighted by Crippen LogP contribution is 2.13. The van der Waals surface area contributed by atoms with Crippen LogP contribution in [-0.4, -0.2) is 63.9 Å². The number of nitrogens with zero attached hydrogens (tertiary/aromatic N) is 1. The van der Waals surface area contributed by atoms with Crippen molar-refractivity contribution in [1.29, 1.82) is 0 Å². The highest BCUT2D eigenvalue weighted by Gasteiger charge is 2.24. The fourth-order valence-electron chi connectivity index (χ4n) is 2.04. The number of hydrogen-bond acceptors (Lipinski definition) is 6. The van der Waals surface area contributed by atoms with Crippen LogP contribution in [0, 0.1) is 5.92 Å². The Morgan fingerprint density at radius 3 is 2.83 bits per heavy atom.